The van der Waals surface area contributed by atoms with Crippen molar-refractivity contribution < 1.29 is 4.21 Å². The van der Waals surface area contributed by atoms with Crippen molar-refractivity contribution in [1.29, 1.82) is 0 Å². The van der Waals surface area contributed by atoms with Gasteiger partial charge in [0.1, 0.15) is 0 Å². The van der Waals surface area contributed by atoms with E-state index in [0.29, 0.717) is 0 Å². The second-order valence-corrected chi connectivity index (χ2v) is 8.72. The molecule has 1 N–H and O–H groups in total. The Kier molecular flexibility index (Phi) is 3.75. The average molecular weight is 243 g/mol. The Labute approximate surface area is 102 Å². The van der Waals surface area contributed by atoms with Crippen LogP contribution in [0.5, 0.6) is 0 Å². The number of hydrogen-bond donors (Lipinski definition) is 1. The second-order valence-electron chi connectivity index (χ2n) is 6.40. The van der Waals surface area contributed by atoms with Gasteiger partial charge in [-0.05, 0) is 51.9 Å². The van der Waals surface area contributed by atoms with E-state index in [1.807, 2.05) is 0 Å². The van der Waals surface area contributed by atoms with Crippen LogP contribution in [-0.4, -0.2) is 27.3 Å². The summed E-state index contributed by atoms with van der Waals surface area (Å²) in [7, 11) is -0.702. The van der Waals surface area contributed by atoms with E-state index in [4.69, 9.17) is 0 Å². The molecule has 0 heterocycles. The van der Waals surface area contributed by atoms with Gasteiger partial charge >= 0.3 is 0 Å². The van der Waals surface area contributed by atoms with E-state index in [2.05, 4.69) is 26.1 Å². The predicted octanol–water partition coefficient (Wildman–Crippen LogP) is 2.31. The smallest absolute Gasteiger partial charge is 0.0375 e. The van der Waals surface area contributed by atoms with Crippen LogP contribution in [0.25, 0.3) is 0 Å². The normalized spacial score (nSPS) is 35.6. The van der Waals surface area contributed by atoms with Gasteiger partial charge in [-0.1, -0.05) is 6.42 Å². The summed E-state index contributed by atoms with van der Waals surface area (Å²) in [6.45, 7) is 7.10. The highest BCUT2D eigenvalue weighted by molar-refractivity contribution is 7.86. The zero-order valence-electron chi connectivity index (χ0n) is 10.8. The SMILES string of the molecule is CC(C)(C)S(=O)CCNC1CC2CCC1C2. The molecule has 4 unspecified atom stereocenters. The van der Waals surface area contributed by atoms with Crippen molar-refractivity contribution in [3.8, 4) is 0 Å². The maximum atomic E-state index is 11.9. The zero-order chi connectivity index (χ0) is 11.8. The first-order chi connectivity index (χ1) is 7.47. The molecule has 0 aromatic rings. The first-order valence-electron chi connectivity index (χ1n) is 6.58. The van der Waals surface area contributed by atoms with Crippen molar-refractivity contribution in [2.45, 2.75) is 57.2 Å². The van der Waals surface area contributed by atoms with Gasteiger partial charge < -0.3 is 5.32 Å². The predicted molar refractivity (Wildman–Crippen MR) is 70.0 cm³/mol. The molecule has 0 radical (unpaired) electrons. The van der Waals surface area contributed by atoms with Crippen LogP contribution in [0.2, 0.25) is 0 Å². The Hall–Kier alpha value is 0.110. The molecule has 0 aromatic carbocycles. The second kappa shape index (κ2) is 4.77. The molecule has 0 aliphatic heterocycles. The van der Waals surface area contributed by atoms with Crippen molar-refractivity contribution in [3.63, 3.8) is 0 Å². The Morgan fingerprint density at radius 3 is 2.50 bits per heavy atom. The zero-order valence-corrected chi connectivity index (χ0v) is 11.6. The Morgan fingerprint density at radius 2 is 2.00 bits per heavy atom. The van der Waals surface area contributed by atoms with Crippen molar-refractivity contribution in [2.24, 2.45) is 11.8 Å². The van der Waals surface area contributed by atoms with Gasteiger partial charge in [-0.3, -0.25) is 4.21 Å². The average Bonchev–Trinajstić information content (AvgIpc) is 2.77. The van der Waals surface area contributed by atoms with E-state index in [-0.39, 0.29) is 4.75 Å². The molecule has 16 heavy (non-hydrogen) atoms. The molecule has 0 amide bonds. The van der Waals surface area contributed by atoms with Gasteiger partial charge in [0, 0.05) is 33.9 Å². The monoisotopic (exact) mass is 243 g/mol. The highest BCUT2D eigenvalue weighted by atomic mass is 32.2. The Balaban J connectivity index is 1.67. The van der Waals surface area contributed by atoms with Gasteiger partial charge in [-0.2, -0.15) is 0 Å². The molecule has 2 aliphatic rings. The molecule has 2 saturated carbocycles. The summed E-state index contributed by atoms with van der Waals surface area (Å²) in [6.07, 6.45) is 5.69. The van der Waals surface area contributed by atoms with E-state index < -0.39 is 10.8 Å². The van der Waals surface area contributed by atoms with Crippen molar-refractivity contribution >= 4 is 10.8 Å². The minimum atomic E-state index is -0.702. The third kappa shape index (κ3) is 2.86. The summed E-state index contributed by atoms with van der Waals surface area (Å²) < 4.78 is 11.8. The quantitative estimate of drug-likeness (QED) is 0.821. The third-order valence-corrected chi connectivity index (χ3v) is 6.06. The summed E-state index contributed by atoms with van der Waals surface area (Å²) in [5.41, 5.74) is 0. The summed E-state index contributed by atoms with van der Waals surface area (Å²) in [5.74, 6) is 2.72. The first kappa shape index (κ1) is 12.6. The van der Waals surface area contributed by atoms with E-state index in [9.17, 15) is 4.21 Å². The van der Waals surface area contributed by atoms with E-state index in [0.717, 1.165) is 30.2 Å². The summed E-state index contributed by atoms with van der Waals surface area (Å²) in [6, 6.07) is 0.732. The molecule has 2 bridgehead atoms. The standard InChI is InChI=1S/C13H25NOS/c1-13(2,3)16(15)7-6-14-12-9-10-4-5-11(12)8-10/h10-12,14H,4-9H2,1-3H3. The van der Waals surface area contributed by atoms with E-state index in [1.54, 1.807) is 0 Å². The fourth-order valence-corrected chi connectivity index (χ4v) is 4.05. The molecule has 2 fully saturated rings. The van der Waals surface area contributed by atoms with Gasteiger partial charge in [-0.25, -0.2) is 0 Å². The van der Waals surface area contributed by atoms with Gasteiger partial charge in [-0.15, -0.1) is 0 Å². The van der Waals surface area contributed by atoms with Crippen molar-refractivity contribution in [3.05, 3.63) is 0 Å². The number of rotatable bonds is 4. The fourth-order valence-electron chi connectivity index (χ4n) is 3.14. The largest absolute Gasteiger partial charge is 0.313 e. The van der Waals surface area contributed by atoms with Crippen molar-refractivity contribution in [1.82, 2.24) is 5.32 Å². The highest BCUT2D eigenvalue weighted by Crippen LogP contribution is 2.44. The van der Waals surface area contributed by atoms with Crippen LogP contribution >= 0.6 is 0 Å². The van der Waals surface area contributed by atoms with Crippen LogP contribution in [0.3, 0.4) is 0 Å². The number of fused-ring (bicyclic) bond motifs is 2. The lowest BCUT2D eigenvalue weighted by Crippen LogP contribution is -2.38. The van der Waals surface area contributed by atoms with Crippen LogP contribution in [0.15, 0.2) is 0 Å². The molecule has 0 aromatic heterocycles. The summed E-state index contributed by atoms with van der Waals surface area (Å²) >= 11 is 0. The van der Waals surface area contributed by atoms with Crippen LogP contribution in [0.1, 0.15) is 46.5 Å². The number of nitrogens with one attached hydrogen (secondary N) is 1. The third-order valence-electron chi connectivity index (χ3n) is 4.12. The molecule has 4 atom stereocenters. The van der Waals surface area contributed by atoms with E-state index >= 15 is 0 Å². The van der Waals surface area contributed by atoms with Gasteiger partial charge in [0.05, 0.1) is 0 Å². The molecular formula is C13H25NOS. The van der Waals surface area contributed by atoms with Gasteiger partial charge in [0.15, 0.2) is 0 Å². The molecule has 3 heteroatoms. The molecule has 2 nitrogen and oxygen atoms in total. The lowest BCUT2D eigenvalue weighted by atomic mass is 9.95. The minimum Gasteiger partial charge on any atom is -0.313 e. The molecule has 2 rings (SSSR count). The van der Waals surface area contributed by atoms with Gasteiger partial charge in [0.25, 0.3) is 0 Å². The lowest BCUT2D eigenvalue weighted by Gasteiger charge is -2.24. The Bertz CT molecular complexity index is 272. The summed E-state index contributed by atoms with van der Waals surface area (Å²) in [4.78, 5) is 0. The van der Waals surface area contributed by atoms with Crippen molar-refractivity contribution in [2.75, 3.05) is 12.3 Å². The van der Waals surface area contributed by atoms with Crippen LogP contribution in [0, 0.1) is 11.8 Å². The molecule has 0 spiro atoms. The van der Waals surface area contributed by atoms with E-state index in [1.165, 1.54) is 25.7 Å². The van der Waals surface area contributed by atoms with Gasteiger partial charge in [0.2, 0.25) is 0 Å². The van der Waals surface area contributed by atoms with Crippen LogP contribution in [0.4, 0.5) is 0 Å². The molecule has 0 saturated heterocycles. The summed E-state index contributed by atoms with van der Waals surface area (Å²) in [5, 5.41) is 3.62. The molecular weight excluding hydrogens is 218 g/mol. The van der Waals surface area contributed by atoms with Crippen LogP contribution < -0.4 is 5.32 Å². The highest BCUT2D eigenvalue weighted by Gasteiger charge is 2.39. The maximum absolute atomic E-state index is 11.9. The first-order valence-corrected chi connectivity index (χ1v) is 7.90. The fraction of sp³-hybridized carbons (Fsp3) is 1.00. The Morgan fingerprint density at radius 1 is 1.25 bits per heavy atom. The lowest BCUT2D eigenvalue weighted by molar-refractivity contribution is 0.358. The molecule has 94 valence electrons. The molecule has 2 aliphatic carbocycles. The minimum absolute atomic E-state index is 0.0592. The topological polar surface area (TPSA) is 29.1 Å². The number of hydrogen-bond acceptors (Lipinski definition) is 2. The van der Waals surface area contributed by atoms with Crippen LogP contribution in [-0.2, 0) is 10.8 Å². The maximum Gasteiger partial charge on any atom is 0.0375 e.